The summed E-state index contributed by atoms with van der Waals surface area (Å²) in [5.74, 6) is 1.19. The summed E-state index contributed by atoms with van der Waals surface area (Å²) in [6.45, 7) is 2.84. The number of methoxy groups -OCH3 is 1. The molecule has 0 atom stereocenters. The highest BCUT2D eigenvalue weighted by molar-refractivity contribution is 5.69. The molecule has 0 bridgehead atoms. The fourth-order valence-electron chi connectivity index (χ4n) is 1.77. The van der Waals surface area contributed by atoms with Gasteiger partial charge in [0.05, 0.1) is 20.3 Å². The third-order valence-electron chi connectivity index (χ3n) is 2.78. The first-order valence-corrected chi connectivity index (χ1v) is 6.89. The van der Waals surface area contributed by atoms with Crippen molar-refractivity contribution in [1.29, 1.82) is 0 Å². The lowest BCUT2D eigenvalue weighted by molar-refractivity contribution is -0.143. The molecule has 1 rings (SSSR count). The number of hydrogen-bond donors (Lipinski definition) is 1. The SMILES string of the molecule is CCOC(=O)CCCCCOc1ccc(N)cc1OC. The van der Waals surface area contributed by atoms with E-state index in [1.54, 1.807) is 25.3 Å². The maximum atomic E-state index is 11.1. The quantitative estimate of drug-likeness (QED) is 0.428. The van der Waals surface area contributed by atoms with Crippen LogP contribution < -0.4 is 15.2 Å². The van der Waals surface area contributed by atoms with E-state index in [1.165, 1.54) is 0 Å². The average molecular weight is 281 g/mol. The van der Waals surface area contributed by atoms with Crippen LogP contribution >= 0.6 is 0 Å². The monoisotopic (exact) mass is 281 g/mol. The summed E-state index contributed by atoms with van der Waals surface area (Å²) in [6.07, 6.45) is 3.10. The molecule has 0 amide bonds. The number of unbranched alkanes of at least 4 members (excludes halogenated alkanes) is 2. The van der Waals surface area contributed by atoms with Crippen LogP contribution in [0.3, 0.4) is 0 Å². The van der Waals surface area contributed by atoms with Crippen LogP contribution in [0.2, 0.25) is 0 Å². The van der Waals surface area contributed by atoms with Crippen LogP contribution in [0.5, 0.6) is 11.5 Å². The average Bonchev–Trinajstić information content (AvgIpc) is 2.44. The molecule has 112 valence electrons. The predicted molar refractivity (Wildman–Crippen MR) is 78.0 cm³/mol. The molecule has 1 aromatic carbocycles. The van der Waals surface area contributed by atoms with Crippen LogP contribution in [0.4, 0.5) is 5.69 Å². The van der Waals surface area contributed by atoms with Gasteiger partial charge in [-0.1, -0.05) is 0 Å². The van der Waals surface area contributed by atoms with E-state index in [1.807, 2.05) is 6.92 Å². The van der Waals surface area contributed by atoms with Gasteiger partial charge in [0.2, 0.25) is 0 Å². The Morgan fingerprint density at radius 2 is 2.00 bits per heavy atom. The number of hydrogen-bond acceptors (Lipinski definition) is 5. The van der Waals surface area contributed by atoms with E-state index in [0.29, 0.717) is 36.8 Å². The van der Waals surface area contributed by atoms with Gasteiger partial charge in [-0.15, -0.1) is 0 Å². The Morgan fingerprint density at radius 3 is 2.70 bits per heavy atom. The number of nitrogen functional groups attached to an aromatic ring is 1. The Bertz CT molecular complexity index is 420. The summed E-state index contributed by atoms with van der Waals surface area (Å²) in [5.41, 5.74) is 6.31. The van der Waals surface area contributed by atoms with Crippen molar-refractivity contribution in [2.75, 3.05) is 26.1 Å². The highest BCUT2D eigenvalue weighted by Crippen LogP contribution is 2.29. The van der Waals surface area contributed by atoms with E-state index in [9.17, 15) is 4.79 Å². The summed E-state index contributed by atoms with van der Waals surface area (Å²) in [6, 6.07) is 5.31. The fraction of sp³-hybridized carbons (Fsp3) is 0.533. The molecule has 0 radical (unpaired) electrons. The first-order chi connectivity index (χ1) is 9.67. The molecule has 0 aliphatic rings. The van der Waals surface area contributed by atoms with Crippen LogP contribution in [0.25, 0.3) is 0 Å². The van der Waals surface area contributed by atoms with Crippen molar-refractivity contribution in [3.05, 3.63) is 18.2 Å². The maximum absolute atomic E-state index is 11.1. The Labute approximate surface area is 120 Å². The van der Waals surface area contributed by atoms with E-state index in [2.05, 4.69) is 0 Å². The number of anilines is 1. The van der Waals surface area contributed by atoms with Crippen molar-refractivity contribution in [2.45, 2.75) is 32.6 Å². The van der Waals surface area contributed by atoms with Crippen LogP contribution in [0.1, 0.15) is 32.6 Å². The molecule has 0 aliphatic heterocycles. The van der Waals surface area contributed by atoms with Crippen LogP contribution in [0.15, 0.2) is 18.2 Å². The number of esters is 1. The third-order valence-corrected chi connectivity index (χ3v) is 2.78. The zero-order valence-corrected chi connectivity index (χ0v) is 12.2. The molecule has 2 N–H and O–H groups in total. The molecule has 20 heavy (non-hydrogen) atoms. The molecule has 0 aliphatic carbocycles. The summed E-state index contributed by atoms with van der Waals surface area (Å²) < 4.78 is 15.7. The summed E-state index contributed by atoms with van der Waals surface area (Å²) in [7, 11) is 1.58. The minimum Gasteiger partial charge on any atom is -0.493 e. The lowest BCUT2D eigenvalue weighted by Crippen LogP contribution is -2.04. The van der Waals surface area contributed by atoms with Crippen molar-refractivity contribution in [3.8, 4) is 11.5 Å². The van der Waals surface area contributed by atoms with E-state index in [0.717, 1.165) is 19.3 Å². The van der Waals surface area contributed by atoms with Gasteiger partial charge in [0.1, 0.15) is 0 Å². The van der Waals surface area contributed by atoms with Crippen molar-refractivity contribution in [3.63, 3.8) is 0 Å². The van der Waals surface area contributed by atoms with Gasteiger partial charge in [-0.25, -0.2) is 0 Å². The van der Waals surface area contributed by atoms with E-state index < -0.39 is 0 Å². The summed E-state index contributed by atoms with van der Waals surface area (Å²) in [4.78, 5) is 11.1. The Kier molecular flexibility index (Phi) is 7.32. The minimum absolute atomic E-state index is 0.131. The molecule has 0 aromatic heterocycles. The molecule has 0 spiro atoms. The van der Waals surface area contributed by atoms with Gasteiger partial charge < -0.3 is 19.9 Å². The Balaban J connectivity index is 2.20. The minimum atomic E-state index is -0.131. The zero-order chi connectivity index (χ0) is 14.8. The van der Waals surface area contributed by atoms with Crippen LogP contribution in [-0.2, 0) is 9.53 Å². The number of nitrogens with two attached hydrogens (primary N) is 1. The standard InChI is InChI=1S/C15H23NO4/c1-3-19-15(17)7-5-4-6-10-20-13-9-8-12(16)11-14(13)18-2/h8-9,11H,3-7,10,16H2,1-2H3. The van der Waals surface area contributed by atoms with Crippen molar-refractivity contribution in [2.24, 2.45) is 0 Å². The first kappa shape index (κ1) is 16.1. The molecule has 1 aromatic rings. The van der Waals surface area contributed by atoms with Crippen molar-refractivity contribution < 1.29 is 19.0 Å². The Morgan fingerprint density at radius 1 is 1.20 bits per heavy atom. The summed E-state index contributed by atoms with van der Waals surface area (Å²) in [5, 5.41) is 0. The second-order valence-corrected chi connectivity index (χ2v) is 4.37. The van der Waals surface area contributed by atoms with E-state index in [-0.39, 0.29) is 5.97 Å². The van der Waals surface area contributed by atoms with Gasteiger partial charge in [0, 0.05) is 18.2 Å². The molecule has 0 saturated carbocycles. The zero-order valence-electron chi connectivity index (χ0n) is 12.2. The molecule has 0 fully saturated rings. The van der Waals surface area contributed by atoms with E-state index in [4.69, 9.17) is 19.9 Å². The number of rotatable bonds is 9. The van der Waals surface area contributed by atoms with Gasteiger partial charge in [0.25, 0.3) is 0 Å². The molecular formula is C15H23NO4. The molecule has 5 nitrogen and oxygen atoms in total. The largest absolute Gasteiger partial charge is 0.493 e. The summed E-state index contributed by atoms with van der Waals surface area (Å²) >= 11 is 0. The number of ether oxygens (including phenoxy) is 3. The molecule has 5 heteroatoms. The topological polar surface area (TPSA) is 70.8 Å². The third kappa shape index (κ3) is 5.82. The number of carbonyl (C=O) groups excluding carboxylic acids is 1. The van der Waals surface area contributed by atoms with Crippen LogP contribution in [0, 0.1) is 0 Å². The number of carbonyl (C=O) groups is 1. The molecule has 0 saturated heterocycles. The highest BCUT2D eigenvalue weighted by Gasteiger charge is 2.05. The second kappa shape index (κ2) is 9.07. The normalized spacial score (nSPS) is 10.1. The molecule has 0 unspecified atom stereocenters. The number of benzene rings is 1. The lowest BCUT2D eigenvalue weighted by atomic mass is 10.2. The smallest absolute Gasteiger partial charge is 0.305 e. The first-order valence-electron chi connectivity index (χ1n) is 6.89. The predicted octanol–water partition coefficient (Wildman–Crippen LogP) is 2.78. The van der Waals surface area contributed by atoms with Gasteiger partial charge in [0.15, 0.2) is 11.5 Å². The van der Waals surface area contributed by atoms with Gasteiger partial charge in [-0.05, 0) is 38.3 Å². The van der Waals surface area contributed by atoms with Crippen molar-refractivity contribution in [1.82, 2.24) is 0 Å². The maximum Gasteiger partial charge on any atom is 0.305 e. The fourth-order valence-corrected chi connectivity index (χ4v) is 1.77. The lowest BCUT2D eigenvalue weighted by Gasteiger charge is -2.11. The molecular weight excluding hydrogens is 258 g/mol. The van der Waals surface area contributed by atoms with E-state index >= 15 is 0 Å². The highest BCUT2D eigenvalue weighted by atomic mass is 16.5. The molecule has 0 heterocycles. The second-order valence-electron chi connectivity index (χ2n) is 4.37. The van der Waals surface area contributed by atoms with Crippen molar-refractivity contribution >= 4 is 11.7 Å². The van der Waals surface area contributed by atoms with Crippen LogP contribution in [-0.4, -0.2) is 26.3 Å². The van der Waals surface area contributed by atoms with Gasteiger partial charge in [-0.2, -0.15) is 0 Å². The van der Waals surface area contributed by atoms with Gasteiger partial charge in [-0.3, -0.25) is 4.79 Å². The van der Waals surface area contributed by atoms with Gasteiger partial charge >= 0.3 is 5.97 Å². The Hall–Kier alpha value is -1.91.